The lowest BCUT2D eigenvalue weighted by Crippen LogP contribution is -2.20. The number of ether oxygens (including phenoxy) is 1. The first-order valence-corrected chi connectivity index (χ1v) is 9.47. The van der Waals surface area contributed by atoms with Crippen LogP contribution in [0, 0.1) is 0 Å². The van der Waals surface area contributed by atoms with Crippen molar-refractivity contribution in [3.05, 3.63) is 48.8 Å². The number of carbonyl (C=O) groups excluding carboxylic acids is 1. The van der Waals surface area contributed by atoms with E-state index in [0.29, 0.717) is 17.5 Å². The number of halogens is 3. The van der Waals surface area contributed by atoms with Crippen LogP contribution in [0.5, 0.6) is 5.75 Å². The van der Waals surface area contributed by atoms with E-state index in [4.69, 9.17) is 0 Å². The van der Waals surface area contributed by atoms with E-state index in [0.717, 1.165) is 23.4 Å². The van der Waals surface area contributed by atoms with Gasteiger partial charge in [-0.15, -0.1) is 23.4 Å². The van der Waals surface area contributed by atoms with Crippen molar-refractivity contribution in [3.8, 4) is 17.1 Å². The van der Waals surface area contributed by atoms with E-state index >= 15 is 0 Å². The van der Waals surface area contributed by atoms with Crippen molar-refractivity contribution in [2.75, 3.05) is 11.1 Å². The maximum atomic E-state index is 12.5. The highest BCUT2D eigenvalue weighted by Gasteiger charge is 2.32. The third kappa shape index (κ3) is 5.47. The molecule has 1 amide bonds. The molecule has 3 rings (SSSR count). The van der Waals surface area contributed by atoms with E-state index in [-0.39, 0.29) is 11.4 Å². The molecule has 0 aliphatic rings. The van der Waals surface area contributed by atoms with Crippen molar-refractivity contribution in [3.63, 3.8) is 0 Å². The summed E-state index contributed by atoms with van der Waals surface area (Å²) in [4.78, 5) is 16.2. The average Bonchev–Trinajstić information content (AvgIpc) is 3.10. The van der Waals surface area contributed by atoms with Gasteiger partial charge in [0.2, 0.25) is 5.91 Å². The summed E-state index contributed by atoms with van der Waals surface area (Å²) in [5, 5.41) is 11.2. The molecule has 0 saturated heterocycles. The zero-order valence-electron chi connectivity index (χ0n) is 15.2. The van der Waals surface area contributed by atoms with E-state index in [1.165, 1.54) is 18.2 Å². The second kappa shape index (κ2) is 8.95. The van der Waals surface area contributed by atoms with Gasteiger partial charge in [0.05, 0.1) is 11.4 Å². The fraction of sp³-hybridized carbons (Fsp3) is 0.222. The lowest BCUT2D eigenvalue weighted by atomic mass is 10.2. The number of hydrogen-bond donors (Lipinski definition) is 1. The standard InChI is InChI=1S/C18H16F3N5O2S/c1-2-26-16(12-7-9-22-10-8-12)24-25-17(26)29-11-15(27)23-13-5-3-4-6-14(13)28-18(19,20)21/h3-10H,2,11H2,1H3,(H,23,27). The Morgan fingerprint density at radius 2 is 1.90 bits per heavy atom. The lowest BCUT2D eigenvalue weighted by molar-refractivity contribution is -0.274. The number of aromatic nitrogens is 4. The SMILES string of the molecule is CCn1c(SCC(=O)Nc2ccccc2OC(F)(F)F)nnc1-c1ccncc1. The van der Waals surface area contributed by atoms with Gasteiger partial charge in [0.25, 0.3) is 0 Å². The van der Waals surface area contributed by atoms with Crippen LogP contribution in [0.15, 0.2) is 53.9 Å². The molecule has 2 aromatic heterocycles. The number of rotatable bonds is 7. The summed E-state index contributed by atoms with van der Waals surface area (Å²) in [6.07, 6.45) is -1.56. The van der Waals surface area contributed by atoms with E-state index in [2.05, 4.69) is 25.2 Å². The van der Waals surface area contributed by atoms with E-state index < -0.39 is 18.0 Å². The van der Waals surface area contributed by atoms with Crippen molar-refractivity contribution in [2.24, 2.45) is 0 Å². The van der Waals surface area contributed by atoms with E-state index in [9.17, 15) is 18.0 Å². The number of nitrogens with one attached hydrogen (secondary N) is 1. The zero-order chi connectivity index (χ0) is 20.9. The Morgan fingerprint density at radius 1 is 1.17 bits per heavy atom. The van der Waals surface area contributed by atoms with Gasteiger partial charge in [0, 0.05) is 24.5 Å². The minimum Gasteiger partial charge on any atom is -0.404 e. The number of thioether (sulfide) groups is 1. The molecule has 0 radical (unpaired) electrons. The molecule has 1 N–H and O–H groups in total. The molecule has 0 spiro atoms. The third-order valence-corrected chi connectivity index (χ3v) is 4.66. The van der Waals surface area contributed by atoms with Gasteiger partial charge in [-0.1, -0.05) is 23.9 Å². The summed E-state index contributed by atoms with van der Waals surface area (Å²) in [6.45, 7) is 2.50. The van der Waals surface area contributed by atoms with E-state index in [1.54, 1.807) is 24.5 Å². The molecule has 0 atom stereocenters. The highest BCUT2D eigenvalue weighted by atomic mass is 32.2. The van der Waals surface area contributed by atoms with Gasteiger partial charge in [-0.2, -0.15) is 0 Å². The predicted molar refractivity (Wildman–Crippen MR) is 101 cm³/mol. The van der Waals surface area contributed by atoms with Crippen molar-refractivity contribution in [1.29, 1.82) is 0 Å². The minimum absolute atomic E-state index is 0.0607. The number of para-hydroxylation sites is 2. The maximum absolute atomic E-state index is 12.5. The van der Waals surface area contributed by atoms with Crippen LogP contribution in [0.25, 0.3) is 11.4 Å². The van der Waals surface area contributed by atoms with Gasteiger partial charge in [-0.05, 0) is 31.2 Å². The first kappa shape index (κ1) is 20.6. The predicted octanol–water partition coefficient (Wildman–Crippen LogP) is 3.99. The number of amides is 1. The first-order chi connectivity index (χ1) is 13.9. The smallest absolute Gasteiger partial charge is 0.404 e. The Labute approximate surface area is 168 Å². The highest BCUT2D eigenvalue weighted by Crippen LogP contribution is 2.30. The van der Waals surface area contributed by atoms with Crippen LogP contribution in [-0.4, -0.2) is 37.8 Å². The molecule has 1 aromatic carbocycles. The molecule has 7 nitrogen and oxygen atoms in total. The van der Waals surface area contributed by atoms with Crippen LogP contribution in [0.4, 0.5) is 18.9 Å². The van der Waals surface area contributed by atoms with E-state index in [1.807, 2.05) is 11.5 Å². The molecule has 0 bridgehead atoms. The molecular formula is C18H16F3N5O2S. The number of carbonyl (C=O) groups is 1. The molecule has 29 heavy (non-hydrogen) atoms. The van der Waals surface area contributed by atoms with Gasteiger partial charge in [-0.3, -0.25) is 9.78 Å². The fourth-order valence-corrected chi connectivity index (χ4v) is 3.30. The van der Waals surface area contributed by atoms with Gasteiger partial charge in [0.15, 0.2) is 16.7 Å². The zero-order valence-corrected chi connectivity index (χ0v) is 16.0. The molecule has 3 aromatic rings. The second-order valence-electron chi connectivity index (χ2n) is 5.67. The quantitative estimate of drug-likeness (QED) is 0.579. The number of anilines is 1. The summed E-state index contributed by atoms with van der Waals surface area (Å²) in [5.41, 5.74) is 0.772. The van der Waals surface area contributed by atoms with Crippen LogP contribution in [0.1, 0.15) is 6.92 Å². The normalized spacial score (nSPS) is 11.3. The first-order valence-electron chi connectivity index (χ1n) is 8.48. The van der Waals surface area contributed by atoms with Gasteiger partial charge < -0.3 is 14.6 Å². The fourth-order valence-electron chi connectivity index (χ4n) is 2.50. The topological polar surface area (TPSA) is 81.9 Å². The molecule has 0 unspecified atom stereocenters. The Morgan fingerprint density at radius 3 is 2.59 bits per heavy atom. The van der Waals surface area contributed by atoms with Crippen molar-refractivity contribution in [2.45, 2.75) is 25.0 Å². The molecule has 0 fully saturated rings. The molecule has 0 saturated carbocycles. The molecular weight excluding hydrogens is 407 g/mol. The monoisotopic (exact) mass is 423 g/mol. The van der Waals surface area contributed by atoms with Gasteiger partial charge in [-0.25, -0.2) is 0 Å². The average molecular weight is 423 g/mol. The van der Waals surface area contributed by atoms with Crippen molar-refractivity contribution in [1.82, 2.24) is 19.7 Å². The van der Waals surface area contributed by atoms with Crippen LogP contribution >= 0.6 is 11.8 Å². The third-order valence-electron chi connectivity index (χ3n) is 3.69. The van der Waals surface area contributed by atoms with Crippen LogP contribution in [0.3, 0.4) is 0 Å². The Bertz CT molecular complexity index is 979. The van der Waals surface area contributed by atoms with Crippen LogP contribution < -0.4 is 10.1 Å². The number of pyridine rings is 1. The minimum atomic E-state index is -4.85. The summed E-state index contributed by atoms with van der Waals surface area (Å²) in [5.74, 6) is -0.393. The molecule has 0 aliphatic carbocycles. The number of alkyl halides is 3. The number of benzene rings is 1. The van der Waals surface area contributed by atoms with Gasteiger partial charge in [0.1, 0.15) is 0 Å². The van der Waals surface area contributed by atoms with Crippen LogP contribution in [-0.2, 0) is 11.3 Å². The summed E-state index contributed by atoms with van der Waals surface area (Å²) < 4.78 is 43.3. The largest absolute Gasteiger partial charge is 0.573 e. The molecule has 152 valence electrons. The summed E-state index contributed by atoms with van der Waals surface area (Å²) >= 11 is 1.13. The molecule has 0 aliphatic heterocycles. The summed E-state index contributed by atoms with van der Waals surface area (Å²) in [6, 6.07) is 8.95. The lowest BCUT2D eigenvalue weighted by Gasteiger charge is -2.13. The Balaban J connectivity index is 1.67. The number of nitrogens with zero attached hydrogens (tertiary/aromatic N) is 4. The Kier molecular flexibility index (Phi) is 6.37. The Hall–Kier alpha value is -3.08. The molecule has 2 heterocycles. The number of hydrogen-bond acceptors (Lipinski definition) is 6. The second-order valence-corrected chi connectivity index (χ2v) is 6.61. The van der Waals surface area contributed by atoms with Crippen molar-refractivity contribution < 1.29 is 22.7 Å². The molecule has 11 heteroatoms. The van der Waals surface area contributed by atoms with Crippen molar-refractivity contribution >= 4 is 23.4 Å². The van der Waals surface area contributed by atoms with Gasteiger partial charge >= 0.3 is 6.36 Å². The summed E-state index contributed by atoms with van der Waals surface area (Å²) in [7, 11) is 0. The highest BCUT2D eigenvalue weighted by molar-refractivity contribution is 7.99. The maximum Gasteiger partial charge on any atom is 0.573 e. The van der Waals surface area contributed by atoms with Crippen LogP contribution in [0.2, 0.25) is 0 Å².